The average Bonchev–Trinajstić information content (AvgIpc) is 2.59. The second kappa shape index (κ2) is 9.04. The van der Waals surface area contributed by atoms with E-state index in [1.807, 2.05) is 24.3 Å². The van der Waals surface area contributed by atoms with Crippen LogP contribution in [-0.4, -0.2) is 33.3 Å². The van der Waals surface area contributed by atoms with Crippen LogP contribution in [0.25, 0.3) is 0 Å². The van der Waals surface area contributed by atoms with Crippen LogP contribution in [0, 0.1) is 0 Å². The first-order chi connectivity index (χ1) is 12.4. The standard InChI is InChI=1S/C21H31NO4Si/c1-9-15(2)19(23)22-18(20(24)25-6)14-16-10-12-17(13-11-16)26-27(7,8)21(3,4)5/h9-13,18H,1-2,14H2,3-8H3,(H,22,23). The first kappa shape index (κ1) is 22.7. The van der Waals surface area contributed by atoms with E-state index in [4.69, 9.17) is 9.16 Å². The molecule has 0 radical (unpaired) electrons. The molecule has 5 nitrogen and oxygen atoms in total. The largest absolute Gasteiger partial charge is 0.544 e. The van der Waals surface area contributed by atoms with Crippen molar-refractivity contribution in [2.75, 3.05) is 7.11 Å². The Morgan fingerprint density at radius 3 is 2.22 bits per heavy atom. The van der Waals surface area contributed by atoms with Crippen LogP contribution in [0.2, 0.25) is 18.1 Å². The van der Waals surface area contributed by atoms with Gasteiger partial charge in [-0.1, -0.05) is 52.1 Å². The highest BCUT2D eigenvalue weighted by Gasteiger charge is 2.38. The number of hydrogen-bond donors (Lipinski definition) is 1. The lowest BCUT2D eigenvalue weighted by Gasteiger charge is -2.36. The van der Waals surface area contributed by atoms with Gasteiger partial charge >= 0.3 is 5.97 Å². The van der Waals surface area contributed by atoms with Gasteiger partial charge in [-0.2, -0.15) is 0 Å². The van der Waals surface area contributed by atoms with Gasteiger partial charge in [0.25, 0.3) is 5.91 Å². The summed E-state index contributed by atoms with van der Waals surface area (Å²) in [5.74, 6) is -0.149. The summed E-state index contributed by atoms with van der Waals surface area (Å²) in [5, 5.41) is 2.74. The summed E-state index contributed by atoms with van der Waals surface area (Å²) in [6.07, 6.45) is 1.65. The van der Waals surface area contributed by atoms with E-state index in [9.17, 15) is 9.59 Å². The van der Waals surface area contributed by atoms with E-state index in [0.717, 1.165) is 11.3 Å². The number of benzene rings is 1. The molecule has 1 atom stereocenters. The third-order valence-electron chi connectivity index (χ3n) is 4.87. The molecule has 0 spiro atoms. The second-order valence-electron chi connectivity index (χ2n) is 7.99. The Morgan fingerprint density at radius 2 is 1.78 bits per heavy atom. The van der Waals surface area contributed by atoms with Crippen molar-refractivity contribution in [2.24, 2.45) is 0 Å². The van der Waals surface area contributed by atoms with Gasteiger partial charge in [-0.25, -0.2) is 4.79 Å². The van der Waals surface area contributed by atoms with Crippen LogP contribution in [-0.2, 0) is 20.7 Å². The maximum atomic E-state index is 12.0. The summed E-state index contributed by atoms with van der Waals surface area (Å²) in [6.45, 7) is 18.0. The van der Waals surface area contributed by atoms with Crippen molar-refractivity contribution in [3.05, 3.63) is 54.6 Å². The first-order valence-corrected chi connectivity index (χ1v) is 11.8. The number of hydrogen-bond acceptors (Lipinski definition) is 4. The molecule has 1 N–H and O–H groups in total. The molecule has 1 aromatic carbocycles. The predicted octanol–water partition coefficient (Wildman–Crippen LogP) is 4.01. The highest BCUT2D eigenvalue weighted by molar-refractivity contribution is 6.74. The smallest absolute Gasteiger partial charge is 0.328 e. The van der Waals surface area contributed by atoms with Crippen LogP contribution in [0.15, 0.2) is 49.1 Å². The lowest BCUT2D eigenvalue weighted by molar-refractivity contribution is -0.144. The molecule has 1 unspecified atom stereocenters. The molecule has 0 bridgehead atoms. The van der Waals surface area contributed by atoms with E-state index in [0.29, 0.717) is 6.42 Å². The third kappa shape index (κ3) is 6.39. The Kier molecular flexibility index (Phi) is 7.60. The van der Waals surface area contributed by atoms with Crippen molar-refractivity contribution >= 4 is 20.2 Å². The Bertz CT molecular complexity index is 702. The number of carbonyl (C=O) groups excluding carboxylic acids is 2. The van der Waals surface area contributed by atoms with Crippen LogP contribution in [0.3, 0.4) is 0 Å². The van der Waals surface area contributed by atoms with Gasteiger partial charge < -0.3 is 14.5 Å². The molecule has 0 aliphatic heterocycles. The molecule has 0 fully saturated rings. The van der Waals surface area contributed by atoms with E-state index in [1.165, 1.54) is 13.2 Å². The molecule has 0 aromatic heterocycles. The summed E-state index contributed by atoms with van der Waals surface area (Å²) in [4.78, 5) is 24.0. The number of rotatable bonds is 8. The Balaban J connectivity index is 2.89. The molecular formula is C21H31NO4Si. The van der Waals surface area contributed by atoms with Gasteiger partial charge in [-0.3, -0.25) is 4.79 Å². The van der Waals surface area contributed by atoms with Crippen LogP contribution in [0.1, 0.15) is 26.3 Å². The summed E-state index contributed by atoms with van der Waals surface area (Å²) in [6, 6.07) is 6.79. The highest BCUT2D eigenvalue weighted by Crippen LogP contribution is 2.37. The van der Waals surface area contributed by atoms with Crippen LogP contribution < -0.4 is 9.74 Å². The zero-order valence-electron chi connectivity index (χ0n) is 17.2. The molecule has 6 heteroatoms. The minimum Gasteiger partial charge on any atom is -0.544 e. The van der Waals surface area contributed by atoms with E-state index in [2.05, 4.69) is 52.3 Å². The molecule has 1 amide bonds. The van der Waals surface area contributed by atoms with E-state index < -0.39 is 26.2 Å². The minimum absolute atomic E-state index is 0.111. The number of esters is 1. The van der Waals surface area contributed by atoms with Gasteiger partial charge in [0.05, 0.1) is 7.11 Å². The van der Waals surface area contributed by atoms with Gasteiger partial charge in [0.15, 0.2) is 0 Å². The van der Waals surface area contributed by atoms with Gasteiger partial charge in [0, 0.05) is 12.0 Å². The summed E-state index contributed by atoms with van der Waals surface area (Å²) >= 11 is 0. The van der Waals surface area contributed by atoms with Crippen molar-refractivity contribution in [3.63, 3.8) is 0 Å². The van der Waals surface area contributed by atoms with E-state index >= 15 is 0 Å². The summed E-state index contributed by atoms with van der Waals surface area (Å²) < 4.78 is 11.1. The Morgan fingerprint density at radius 1 is 1.22 bits per heavy atom. The van der Waals surface area contributed by atoms with Gasteiger partial charge in [0.1, 0.15) is 11.8 Å². The number of carbonyl (C=O) groups is 2. The lowest BCUT2D eigenvalue weighted by atomic mass is 10.1. The molecule has 148 valence electrons. The average molecular weight is 390 g/mol. The molecule has 1 rings (SSSR count). The van der Waals surface area contributed by atoms with Crippen molar-refractivity contribution in [2.45, 2.75) is 51.4 Å². The van der Waals surface area contributed by atoms with Crippen molar-refractivity contribution in [1.29, 1.82) is 0 Å². The molecule has 0 aliphatic rings. The molecule has 0 saturated carbocycles. The fraction of sp³-hybridized carbons (Fsp3) is 0.429. The Hall–Kier alpha value is -2.34. The monoisotopic (exact) mass is 389 g/mol. The highest BCUT2D eigenvalue weighted by atomic mass is 28.4. The quantitative estimate of drug-likeness (QED) is 0.316. The van der Waals surface area contributed by atoms with Crippen molar-refractivity contribution < 1.29 is 18.8 Å². The summed E-state index contributed by atoms with van der Waals surface area (Å²) in [5.41, 5.74) is 1.08. The topological polar surface area (TPSA) is 64.6 Å². The van der Waals surface area contributed by atoms with Gasteiger partial charge in [0.2, 0.25) is 8.32 Å². The fourth-order valence-corrected chi connectivity index (χ4v) is 3.09. The Labute approximate surface area is 163 Å². The number of amides is 1. The van der Waals surface area contributed by atoms with Crippen LogP contribution in [0.4, 0.5) is 0 Å². The van der Waals surface area contributed by atoms with E-state index in [-0.39, 0.29) is 10.6 Å². The molecule has 1 aromatic rings. The van der Waals surface area contributed by atoms with Gasteiger partial charge in [-0.15, -0.1) is 0 Å². The molecule has 0 heterocycles. The normalized spacial score (nSPS) is 12.7. The number of nitrogens with one attached hydrogen (secondary N) is 1. The van der Waals surface area contributed by atoms with E-state index in [1.54, 1.807) is 0 Å². The minimum atomic E-state index is -1.91. The molecule has 0 aliphatic carbocycles. The number of ether oxygens (including phenoxy) is 1. The number of methoxy groups -OCH3 is 1. The van der Waals surface area contributed by atoms with Crippen molar-refractivity contribution in [3.8, 4) is 5.75 Å². The third-order valence-corrected chi connectivity index (χ3v) is 9.23. The first-order valence-electron chi connectivity index (χ1n) is 8.89. The maximum Gasteiger partial charge on any atom is 0.328 e. The molecule has 0 saturated heterocycles. The SMILES string of the molecule is C=CC(=C)C(=O)NC(Cc1ccc(O[Si](C)(C)C(C)(C)C)cc1)C(=O)OC. The zero-order valence-corrected chi connectivity index (χ0v) is 18.2. The molecular weight excluding hydrogens is 358 g/mol. The molecule has 27 heavy (non-hydrogen) atoms. The predicted molar refractivity (Wildman–Crippen MR) is 111 cm³/mol. The summed E-state index contributed by atoms with van der Waals surface area (Å²) in [7, 11) is -0.616. The maximum absolute atomic E-state index is 12.0. The zero-order chi connectivity index (χ0) is 20.8. The van der Waals surface area contributed by atoms with Crippen LogP contribution >= 0.6 is 0 Å². The van der Waals surface area contributed by atoms with Crippen LogP contribution in [0.5, 0.6) is 5.75 Å². The van der Waals surface area contributed by atoms with Gasteiger partial charge in [-0.05, 0) is 35.8 Å². The van der Waals surface area contributed by atoms with Crippen molar-refractivity contribution in [1.82, 2.24) is 5.32 Å². The second-order valence-corrected chi connectivity index (χ2v) is 12.7. The lowest BCUT2D eigenvalue weighted by Crippen LogP contribution is -2.44. The fourth-order valence-electron chi connectivity index (χ4n) is 2.06.